The molecule has 0 radical (unpaired) electrons. The van der Waals surface area contributed by atoms with Crippen molar-refractivity contribution in [3.8, 4) is 0 Å². The minimum Gasteiger partial charge on any atom is -0.480 e. The summed E-state index contributed by atoms with van der Waals surface area (Å²) < 4.78 is 12.8. The number of hydrogen-bond donors (Lipinski definition) is 2. The van der Waals surface area contributed by atoms with E-state index in [1.165, 1.54) is 24.3 Å². The predicted octanol–water partition coefficient (Wildman–Crippen LogP) is 3.03. The molecule has 5 heteroatoms. The highest BCUT2D eigenvalue weighted by molar-refractivity contribution is 5.96. The Balaban J connectivity index is 1.89. The molecule has 1 atom stereocenters. The predicted molar refractivity (Wildman–Crippen MR) is 84.7 cm³/mol. The van der Waals surface area contributed by atoms with Crippen molar-refractivity contribution in [1.29, 1.82) is 0 Å². The Morgan fingerprint density at radius 2 is 1.70 bits per heavy atom. The number of carbonyl (C=O) groups is 2. The number of carbonyl (C=O) groups excluding carboxylic acids is 1. The number of carboxylic acids is 1. The molecule has 0 aliphatic rings. The summed E-state index contributed by atoms with van der Waals surface area (Å²) in [5.74, 6) is -2.04. The number of amides is 1. The third-order valence-electron chi connectivity index (χ3n) is 3.51. The van der Waals surface area contributed by atoms with Gasteiger partial charge in [0, 0.05) is 5.56 Å². The lowest BCUT2D eigenvalue weighted by Gasteiger charge is -2.14. The number of benzene rings is 2. The lowest BCUT2D eigenvalue weighted by molar-refractivity contribution is -0.139. The van der Waals surface area contributed by atoms with E-state index in [1.807, 2.05) is 30.3 Å². The van der Waals surface area contributed by atoms with E-state index in [1.54, 1.807) is 0 Å². The number of aryl methyl sites for hydroxylation is 1. The third kappa shape index (κ3) is 5.21. The maximum absolute atomic E-state index is 12.8. The van der Waals surface area contributed by atoms with Crippen LogP contribution in [0, 0.1) is 5.82 Å². The molecular formula is C18H18FNO3. The maximum atomic E-state index is 12.8. The van der Waals surface area contributed by atoms with Gasteiger partial charge in [-0.1, -0.05) is 30.3 Å². The van der Waals surface area contributed by atoms with Crippen molar-refractivity contribution in [2.45, 2.75) is 25.3 Å². The number of rotatable bonds is 7. The fraction of sp³-hybridized carbons (Fsp3) is 0.222. The molecule has 0 aliphatic carbocycles. The van der Waals surface area contributed by atoms with Gasteiger partial charge in [-0.25, -0.2) is 9.18 Å². The number of aliphatic carboxylic acids is 1. The van der Waals surface area contributed by atoms with Crippen molar-refractivity contribution in [2.75, 3.05) is 0 Å². The molecule has 0 unspecified atom stereocenters. The first kappa shape index (κ1) is 16.7. The Morgan fingerprint density at radius 3 is 2.30 bits per heavy atom. The van der Waals surface area contributed by atoms with Crippen LogP contribution in [0.1, 0.15) is 28.8 Å². The van der Waals surface area contributed by atoms with Crippen LogP contribution in [0.5, 0.6) is 0 Å². The van der Waals surface area contributed by atoms with Crippen LogP contribution in [0.15, 0.2) is 54.6 Å². The Labute approximate surface area is 134 Å². The molecule has 4 nitrogen and oxygen atoms in total. The topological polar surface area (TPSA) is 66.4 Å². The highest BCUT2D eigenvalue weighted by Gasteiger charge is 2.20. The van der Waals surface area contributed by atoms with Gasteiger partial charge in [-0.2, -0.15) is 0 Å². The highest BCUT2D eigenvalue weighted by Crippen LogP contribution is 2.08. The molecule has 0 fully saturated rings. The van der Waals surface area contributed by atoms with Crippen LogP contribution < -0.4 is 5.32 Å². The van der Waals surface area contributed by atoms with Gasteiger partial charge in [0.25, 0.3) is 5.91 Å². The lowest BCUT2D eigenvalue weighted by atomic mass is 10.0. The summed E-state index contributed by atoms with van der Waals surface area (Å²) in [6.07, 6.45) is 1.72. The molecule has 2 N–H and O–H groups in total. The summed E-state index contributed by atoms with van der Waals surface area (Å²) in [5.41, 5.74) is 1.36. The lowest BCUT2D eigenvalue weighted by Crippen LogP contribution is -2.40. The molecule has 0 aromatic heterocycles. The van der Waals surface area contributed by atoms with E-state index < -0.39 is 23.7 Å². The van der Waals surface area contributed by atoms with Crippen LogP contribution in [-0.4, -0.2) is 23.0 Å². The molecule has 0 spiro atoms. The quantitative estimate of drug-likeness (QED) is 0.825. The molecule has 0 bridgehead atoms. The van der Waals surface area contributed by atoms with E-state index in [0.29, 0.717) is 12.8 Å². The normalized spacial score (nSPS) is 11.7. The van der Waals surface area contributed by atoms with E-state index in [2.05, 4.69) is 5.32 Å². The summed E-state index contributed by atoms with van der Waals surface area (Å²) in [6, 6.07) is 13.8. The number of nitrogens with one attached hydrogen (secondary N) is 1. The van der Waals surface area contributed by atoms with Gasteiger partial charge in [0.15, 0.2) is 0 Å². The van der Waals surface area contributed by atoms with Crippen LogP contribution >= 0.6 is 0 Å². The largest absolute Gasteiger partial charge is 0.480 e. The smallest absolute Gasteiger partial charge is 0.326 e. The number of halogens is 1. The van der Waals surface area contributed by atoms with E-state index in [9.17, 15) is 19.1 Å². The van der Waals surface area contributed by atoms with Gasteiger partial charge in [-0.3, -0.25) is 4.79 Å². The second kappa shape index (κ2) is 8.08. The second-order valence-electron chi connectivity index (χ2n) is 5.25. The zero-order valence-electron chi connectivity index (χ0n) is 12.5. The summed E-state index contributed by atoms with van der Waals surface area (Å²) >= 11 is 0. The van der Waals surface area contributed by atoms with Crippen LogP contribution in [0.25, 0.3) is 0 Å². The Bertz CT molecular complexity index is 656. The van der Waals surface area contributed by atoms with Crippen LogP contribution in [0.3, 0.4) is 0 Å². The van der Waals surface area contributed by atoms with Crippen LogP contribution in [0.4, 0.5) is 4.39 Å². The molecule has 1 amide bonds. The highest BCUT2D eigenvalue weighted by atomic mass is 19.1. The molecule has 2 rings (SSSR count). The Hall–Kier alpha value is -2.69. The van der Waals surface area contributed by atoms with Gasteiger partial charge in [-0.15, -0.1) is 0 Å². The summed E-state index contributed by atoms with van der Waals surface area (Å²) in [7, 11) is 0. The van der Waals surface area contributed by atoms with E-state index in [0.717, 1.165) is 12.0 Å². The Morgan fingerprint density at radius 1 is 1.04 bits per heavy atom. The van der Waals surface area contributed by atoms with Crippen molar-refractivity contribution in [3.05, 3.63) is 71.5 Å². The molecule has 0 saturated carbocycles. The molecule has 0 heterocycles. The van der Waals surface area contributed by atoms with Crippen molar-refractivity contribution < 1.29 is 19.1 Å². The van der Waals surface area contributed by atoms with Crippen LogP contribution in [-0.2, 0) is 11.2 Å². The first-order valence-electron chi connectivity index (χ1n) is 7.39. The minimum absolute atomic E-state index is 0.237. The zero-order valence-corrected chi connectivity index (χ0v) is 12.5. The van der Waals surface area contributed by atoms with Gasteiger partial charge in [0.05, 0.1) is 0 Å². The monoisotopic (exact) mass is 315 g/mol. The van der Waals surface area contributed by atoms with Gasteiger partial charge in [0.2, 0.25) is 0 Å². The van der Waals surface area contributed by atoms with Crippen molar-refractivity contribution >= 4 is 11.9 Å². The average Bonchev–Trinajstić information content (AvgIpc) is 2.55. The van der Waals surface area contributed by atoms with Gasteiger partial charge in [-0.05, 0) is 49.1 Å². The standard InChI is InChI=1S/C18H18FNO3/c19-15-11-9-14(10-12-15)17(21)20-16(18(22)23)8-4-7-13-5-2-1-3-6-13/h1-3,5-6,9-12,16H,4,7-8H2,(H,20,21)(H,22,23)/t16-/m1/s1. The SMILES string of the molecule is O=C(N[C@H](CCCc1ccccc1)C(=O)O)c1ccc(F)cc1. The molecular weight excluding hydrogens is 297 g/mol. The molecule has 120 valence electrons. The van der Waals surface area contributed by atoms with Gasteiger partial charge >= 0.3 is 5.97 Å². The van der Waals surface area contributed by atoms with Crippen molar-refractivity contribution in [1.82, 2.24) is 5.32 Å². The summed E-state index contributed by atoms with van der Waals surface area (Å²) in [6.45, 7) is 0. The van der Waals surface area contributed by atoms with Gasteiger partial charge in [0.1, 0.15) is 11.9 Å². The molecule has 2 aromatic carbocycles. The van der Waals surface area contributed by atoms with Crippen LogP contribution in [0.2, 0.25) is 0 Å². The van der Waals surface area contributed by atoms with E-state index in [-0.39, 0.29) is 5.56 Å². The van der Waals surface area contributed by atoms with E-state index >= 15 is 0 Å². The zero-order chi connectivity index (χ0) is 16.7. The minimum atomic E-state index is -1.08. The summed E-state index contributed by atoms with van der Waals surface area (Å²) in [5, 5.41) is 11.7. The van der Waals surface area contributed by atoms with Crippen molar-refractivity contribution in [2.24, 2.45) is 0 Å². The fourth-order valence-electron chi connectivity index (χ4n) is 2.26. The Kier molecular flexibility index (Phi) is 5.86. The van der Waals surface area contributed by atoms with E-state index in [4.69, 9.17) is 0 Å². The first-order valence-corrected chi connectivity index (χ1v) is 7.39. The molecule has 0 saturated heterocycles. The maximum Gasteiger partial charge on any atom is 0.326 e. The number of hydrogen-bond acceptors (Lipinski definition) is 2. The number of carboxylic acid groups (broad SMARTS) is 1. The fourth-order valence-corrected chi connectivity index (χ4v) is 2.26. The third-order valence-corrected chi connectivity index (χ3v) is 3.51. The molecule has 0 aliphatic heterocycles. The molecule has 2 aromatic rings. The second-order valence-corrected chi connectivity index (χ2v) is 5.25. The van der Waals surface area contributed by atoms with Crippen molar-refractivity contribution in [3.63, 3.8) is 0 Å². The van der Waals surface area contributed by atoms with Gasteiger partial charge < -0.3 is 10.4 Å². The molecule has 23 heavy (non-hydrogen) atoms. The summed E-state index contributed by atoms with van der Waals surface area (Å²) in [4.78, 5) is 23.3. The first-order chi connectivity index (χ1) is 11.1. The average molecular weight is 315 g/mol.